The van der Waals surface area contributed by atoms with E-state index in [0.717, 1.165) is 12.1 Å². The van der Waals surface area contributed by atoms with Gasteiger partial charge in [0, 0.05) is 22.5 Å². The molecule has 0 unspecified atom stereocenters. The van der Waals surface area contributed by atoms with Crippen molar-refractivity contribution in [1.82, 2.24) is 0 Å². The van der Waals surface area contributed by atoms with Gasteiger partial charge in [-0.25, -0.2) is 0 Å². The summed E-state index contributed by atoms with van der Waals surface area (Å²) in [6.45, 7) is 2.92. The van der Waals surface area contributed by atoms with Crippen LogP contribution in [0.1, 0.15) is 22.3 Å². The predicted molar refractivity (Wildman–Crippen MR) is 78.5 cm³/mol. The first-order valence-electron chi connectivity index (χ1n) is 7.11. The van der Waals surface area contributed by atoms with Gasteiger partial charge < -0.3 is 5.32 Å². The van der Waals surface area contributed by atoms with E-state index < -0.39 is 28.9 Å². The van der Waals surface area contributed by atoms with Crippen LogP contribution in [0.25, 0.3) is 0 Å². The van der Waals surface area contributed by atoms with Crippen molar-refractivity contribution in [2.75, 3.05) is 5.32 Å². The molecule has 0 fully saturated rings. The van der Waals surface area contributed by atoms with E-state index in [0.29, 0.717) is 11.1 Å². The molecule has 0 amide bonds. The zero-order chi connectivity index (χ0) is 17.9. The van der Waals surface area contributed by atoms with Gasteiger partial charge in [0.05, 0.1) is 0 Å². The number of hydrogen-bond donors (Lipinski definition) is 1. The van der Waals surface area contributed by atoms with Crippen LogP contribution < -0.4 is 5.32 Å². The van der Waals surface area contributed by atoms with Gasteiger partial charge in [0.15, 0.2) is 0 Å². The first kappa shape index (κ1) is 16.7. The maximum atomic E-state index is 14.0. The third kappa shape index (κ3) is 2.10. The van der Waals surface area contributed by atoms with Crippen LogP contribution in [0.3, 0.4) is 0 Å². The average molecular weight is 345 g/mol. The summed E-state index contributed by atoms with van der Waals surface area (Å²) in [4.78, 5) is 0. The number of halogens is 6. The topological polar surface area (TPSA) is 12.0 Å². The first-order valence-corrected chi connectivity index (χ1v) is 7.11. The maximum absolute atomic E-state index is 14.0. The van der Waals surface area contributed by atoms with Crippen LogP contribution in [0.4, 0.5) is 37.7 Å². The van der Waals surface area contributed by atoms with Gasteiger partial charge in [-0.2, -0.15) is 26.3 Å². The van der Waals surface area contributed by atoms with Gasteiger partial charge in [-0.3, -0.25) is 0 Å². The summed E-state index contributed by atoms with van der Waals surface area (Å²) >= 11 is 0. The standard InChI is InChI=1S/C17H13F6N/c1-9-3-5-13-11(7-9)15(16(18,19)20,17(21,22)23)12-8-10(2)4-6-14(12)24-13/h3-8,24H,1-2H3. The van der Waals surface area contributed by atoms with Crippen LogP contribution in [0.15, 0.2) is 36.4 Å². The molecule has 2 aromatic carbocycles. The van der Waals surface area contributed by atoms with Gasteiger partial charge in [-0.1, -0.05) is 35.4 Å². The molecule has 3 rings (SSSR count). The molecule has 0 aliphatic carbocycles. The van der Waals surface area contributed by atoms with E-state index >= 15 is 0 Å². The third-order valence-electron chi connectivity index (χ3n) is 4.28. The average Bonchev–Trinajstić information content (AvgIpc) is 2.42. The Bertz CT molecular complexity index is 736. The molecule has 128 valence electrons. The number of nitrogens with one attached hydrogen (secondary N) is 1. The van der Waals surface area contributed by atoms with Crippen LogP contribution in [0.2, 0.25) is 0 Å². The smallest absolute Gasteiger partial charge is 0.355 e. The van der Waals surface area contributed by atoms with Crippen molar-refractivity contribution in [2.24, 2.45) is 0 Å². The number of alkyl halides is 6. The van der Waals surface area contributed by atoms with Crippen LogP contribution >= 0.6 is 0 Å². The summed E-state index contributed by atoms with van der Waals surface area (Å²) < 4.78 is 83.8. The number of fused-ring (bicyclic) bond motifs is 2. The minimum atomic E-state index is -5.54. The van der Waals surface area contributed by atoms with Crippen LogP contribution in [-0.4, -0.2) is 12.4 Å². The van der Waals surface area contributed by atoms with Crippen molar-refractivity contribution >= 4 is 11.4 Å². The number of anilines is 2. The molecule has 1 aliphatic heterocycles. The second kappa shape index (κ2) is 4.91. The van der Waals surface area contributed by atoms with Gasteiger partial charge in [-0.15, -0.1) is 0 Å². The minimum Gasteiger partial charge on any atom is -0.355 e. The molecule has 1 nitrogen and oxygen atoms in total. The lowest BCUT2D eigenvalue weighted by Crippen LogP contribution is -2.56. The van der Waals surface area contributed by atoms with Crippen LogP contribution in [0, 0.1) is 13.8 Å². The van der Waals surface area contributed by atoms with E-state index in [1.54, 1.807) is 0 Å². The highest BCUT2D eigenvalue weighted by Gasteiger charge is 2.74. The molecule has 1 aliphatic rings. The molecule has 0 aromatic heterocycles. The van der Waals surface area contributed by atoms with Gasteiger partial charge in [0.2, 0.25) is 5.41 Å². The van der Waals surface area contributed by atoms with E-state index in [-0.39, 0.29) is 11.4 Å². The van der Waals surface area contributed by atoms with E-state index in [4.69, 9.17) is 0 Å². The van der Waals surface area contributed by atoms with E-state index in [1.165, 1.54) is 38.1 Å². The molecule has 0 radical (unpaired) electrons. The van der Waals surface area contributed by atoms with Crippen molar-refractivity contribution in [1.29, 1.82) is 0 Å². The van der Waals surface area contributed by atoms with Crippen molar-refractivity contribution < 1.29 is 26.3 Å². The quantitative estimate of drug-likeness (QED) is 0.598. The molecule has 0 atom stereocenters. The Morgan fingerprint density at radius 1 is 0.708 bits per heavy atom. The molecule has 2 aromatic rings. The molecule has 0 saturated carbocycles. The summed E-state index contributed by atoms with van der Waals surface area (Å²) in [6, 6.07) is 7.35. The summed E-state index contributed by atoms with van der Waals surface area (Å²) in [5.74, 6) is 0. The molecular weight excluding hydrogens is 332 g/mol. The normalized spacial score (nSPS) is 16.2. The fourth-order valence-electron chi connectivity index (χ4n) is 3.22. The Kier molecular flexibility index (Phi) is 3.41. The monoisotopic (exact) mass is 345 g/mol. The molecular formula is C17H13F6N. The van der Waals surface area contributed by atoms with Gasteiger partial charge in [0.1, 0.15) is 0 Å². The molecule has 0 bridgehead atoms. The SMILES string of the molecule is Cc1ccc2c(c1)C(C(F)(F)F)(C(F)(F)F)c1cc(C)ccc1N2. The zero-order valence-electron chi connectivity index (χ0n) is 12.7. The lowest BCUT2D eigenvalue weighted by atomic mass is 9.69. The third-order valence-corrected chi connectivity index (χ3v) is 4.28. The Hall–Kier alpha value is -2.18. The fourth-order valence-corrected chi connectivity index (χ4v) is 3.22. The second-order valence-corrected chi connectivity index (χ2v) is 5.97. The van der Waals surface area contributed by atoms with Gasteiger partial charge in [-0.05, 0) is 26.0 Å². The molecule has 1 N–H and O–H groups in total. The van der Waals surface area contributed by atoms with Crippen molar-refractivity contribution in [3.8, 4) is 0 Å². The molecule has 0 saturated heterocycles. The minimum absolute atomic E-state index is 0.188. The highest BCUT2D eigenvalue weighted by atomic mass is 19.4. The van der Waals surface area contributed by atoms with Crippen molar-refractivity contribution in [3.63, 3.8) is 0 Å². The highest BCUT2D eigenvalue weighted by Crippen LogP contribution is 2.61. The largest absolute Gasteiger partial charge is 0.411 e. The number of hydrogen-bond acceptors (Lipinski definition) is 1. The van der Waals surface area contributed by atoms with Gasteiger partial charge >= 0.3 is 12.4 Å². The number of rotatable bonds is 0. The first-order chi connectivity index (χ1) is 11.0. The van der Waals surface area contributed by atoms with Gasteiger partial charge in [0.25, 0.3) is 0 Å². The van der Waals surface area contributed by atoms with Crippen LogP contribution in [-0.2, 0) is 5.41 Å². The molecule has 0 spiro atoms. The maximum Gasteiger partial charge on any atom is 0.411 e. The zero-order valence-corrected chi connectivity index (χ0v) is 12.7. The second-order valence-electron chi connectivity index (χ2n) is 5.97. The Morgan fingerprint density at radius 3 is 1.42 bits per heavy atom. The van der Waals surface area contributed by atoms with E-state index in [1.807, 2.05) is 0 Å². The molecule has 24 heavy (non-hydrogen) atoms. The highest BCUT2D eigenvalue weighted by molar-refractivity contribution is 5.77. The lowest BCUT2D eigenvalue weighted by molar-refractivity contribution is -0.288. The van der Waals surface area contributed by atoms with Crippen LogP contribution in [0.5, 0.6) is 0 Å². The Morgan fingerprint density at radius 2 is 1.08 bits per heavy atom. The molecule has 1 heterocycles. The summed E-state index contributed by atoms with van der Waals surface area (Å²) in [5.41, 5.74) is -5.43. The fraction of sp³-hybridized carbons (Fsp3) is 0.294. The lowest BCUT2D eigenvalue weighted by Gasteiger charge is -2.43. The summed E-state index contributed by atoms with van der Waals surface area (Å²) in [6.07, 6.45) is -11.1. The summed E-state index contributed by atoms with van der Waals surface area (Å²) in [7, 11) is 0. The number of benzene rings is 2. The van der Waals surface area contributed by atoms with Crippen molar-refractivity contribution in [2.45, 2.75) is 31.6 Å². The number of aryl methyl sites for hydroxylation is 2. The van der Waals surface area contributed by atoms with E-state index in [9.17, 15) is 26.3 Å². The summed E-state index contributed by atoms with van der Waals surface area (Å²) in [5, 5.41) is 2.69. The van der Waals surface area contributed by atoms with E-state index in [2.05, 4.69) is 5.32 Å². The Balaban J connectivity index is 2.51. The Labute approximate surface area is 134 Å². The predicted octanol–water partition coefficient (Wildman–Crippen LogP) is 5.77. The molecule has 7 heteroatoms. The van der Waals surface area contributed by atoms with Crippen molar-refractivity contribution in [3.05, 3.63) is 58.7 Å².